The van der Waals surface area contributed by atoms with Gasteiger partial charge in [0, 0.05) is 50.6 Å². The second-order valence-corrected chi connectivity index (χ2v) is 8.74. The maximum Gasteiger partial charge on any atom is 0.243 e. The summed E-state index contributed by atoms with van der Waals surface area (Å²) in [4.78, 5) is 15.8. The number of methoxy groups -OCH3 is 1. The largest absolute Gasteiger partial charge is 0.383 e. The summed E-state index contributed by atoms with van der Waals surface area (Å²) in [7, 11) is 1.66. The van der Waals surface area contributed by atoms with Crippen LogP contribution in [0.15, 0.2) is 29.4 Å². The van der Waals surface area contributed by atoms with Crippen molar-refractivity contribution < 1.29 is 9.13 Å². The Morgan fingerprint density at radius 2 is 2.15 bits per heavy atom. The first-order valence-corrected chi connectivity index (χ1v) is 11.3. The van der Waals surface area contributed by atoms with Gasteiger partial charge in [0.15, 0.2) is 5.82 Å². The van der Waals surface area contributed by atoms with Gasteiger partial charge < -0.3 is 15.8 Å². The van der Waals surface area contributed by atoms with E-state index in [-0.39, 0.29) is 6.04 Å². The lowest BCUT2D eigenvalue weighted by Crippen LogP contribution is -2.48. The number of halogens is 1. The topological polar surface area (TPSA) is 106 Å². The number of alkyl halides is 1. The molecule has 10 heteroatoms. The first kappa shape index (κ1) is 21.7. The van der Waals surface area contributed by atoms with Gasteiger partial charge in [0.1, 0.15) is 11.7 Å². The van der Waals surface area contributed by atoms with E-state index in [9.17, 15) is 4.39 Å². The number of ether oxygens (including phenoxy) is 1. The van der Waals surface area contributed by atoms with Gasteiger partial charge in [-0.05, 0) is 31.0 Å². The summed E-state index contributed by atoms with van der Waals surface area (Å²) in [5.74, 6) is 0.956. The van der Waals surface area contributed by atoms with Gasteiger partial charge in [-0.2, -0.15) is 4.98 Å². The SMILES string of the molecule is COCCN1CC[C@H](Nc2nc(N)c3c(-c4ccc5c(n4)[C@H](C)CC=N5)ccn3n2)[C@H](F)C1. The molecule has 0 saturated carbocycles. The number of nitrogens with two attached hydrogens (primary N) is 1. The summed E-state index contributed by atoms with van der Waals surface area (Å²) < 4.78 is 21.5. The first-order valence-electron chi connectivity index (χ1n) is 11.3. The summed E-state index contributed by atoms with van der Waals surface area (Å²) in [6.07, 6.45) is 4.27. The van der Waals surface area contributed by atoms with Crippen molar-refractivity contribution in [1.29, 1.82) is 0 Å². The molecule has 0 unspecified atom stereocenters. The van der Waals surface area contributed by atoms with Crippen LogP contribution in [0.5, 0.6) is 0 Å². The minimum Gasteiger partial charge on any atom is -0.383 e. The molecule has 0 aromatic carbocycles. The summed E-state index contributed by atoms with van der Waals surface area (Å²) in [5.41, 5.74) is 10.6. The molecule has 0 aliphatic carbocycles. The zero-order valence-corrected chi connectivity index (χ0v) is 18.9. The van der Waals surface area contributed by atoms with Crippen molar-refractivity contribution in [1.82, 2.24) is 24.5 Å². The van der Waals surface area contributed by atoms with Gasteiger partial charge in [0.25, 0.3) is 0 Å². The van der Waals surface area contributed by atoms with E-state index in [4.69, 9.17) is 15.5 Å². The Morgan fingerprint density at radius 1 is 1.27 bits per heavy atom. The van der Waals surface area contributed by atoms with Crippen molar-refractivity contribution in [2.24, 2.45) is 4.99 Å². The fourth-order valence-electron chi connectivity index (χ4n) is 4.55. The number of nitrogens with one attached hydrogen (secondary N) is 1. The van der Waals surface area contributed by atoms with Crippen molar-refractivity contribution in [2.75, 3.05) is 44.4 Å². The van der Waals surface area contributed by atoms with Crippen molar-refractivity contribution in [3.8, 4) is 11.3 Å². The molecule has 0 amide bonds. The van der Waals surface area contributed by atoms with Gasteiger partial charge in [-0.1, -0.05) is 6.92 Å². The normalized spacial score (nSPS) is 23.1. The van der Waals surface area contributed by atoms with Crippen molar-refractivity contribution >= 4 is 29.2 Å². The van der Waals surface area contributed by atoms with Gasteiger partial charge >= 0.3 is 0 Å². The third kappa shape index (κ3) is 4.28. The maximum absolute atomic E-state index is 14.8. The Kier molecular flexibility index (Phi) is 5.94. The second-order valence-electron chi connectivity index (χ2n) is 8.74. The van der Waals surface area contributed by atoms with Gasteiger partial charge in [-0.25, -0.2) is 8.91 Å². The van der Waals surface area contributed by atoms with Gasteiger partial charge in [-0.15, -0.1) is 5.10 Å². The Balaban J connectivity index is 1.37. The molecule has 33 heavy (non-hydrogen) atoms. The molecule has 3 aromatic heterocycles. The van der Waals surface area contributed by atoms with Crippen LogP contribution >= 0.6 is 0 Å². The highest BCUT2D eigenvalue weighted by Gasteiger charge is 2.30. The fraction of sp³-hybridized carbons (Fsp3) is 0.478. The van der Waals surface area contributed by atoms with Crippen LogP contribution in [-0.2, 0) is 4.74 Å². The molecule has 2 aliphatic heterocycles. The van der Waals surface area contributed by atoms with Crippen molar-refractivity contribution in [3.63, 3.8) is 0 Å². The molecule has 2 aliphatic rings. The van der Waals surface area contributed by atoms with E-state index in [1.165, 1.54) is 0 Å². The van der Waals surface area contributed by atoms with Crippen molar-refractivity contribution in [2.45, 2.75) is 37.9 Å². The molecule has 174 valence electrons. The minimum atomic E-state index is -1.03. The van der Waals surface area contributed by atoms with Crippen LogP contribution < -0.4 is 11.1 Å². The average Bonchev–Trinajstić information content (AvgIpc) is 3.24. The van der Waals surface area contributed by atoms with E-state index in [1.807, 2.05) is 30.6 Å². The molecule has 0 spiro atoms. The third-order valence-electron chi connectivity index (χ3n) is 6.42. The van der Waals surface area contributed by atoms with Crippen LogP contribution in [-0.4, -0.2) is 76.3 Å². The Bertz CT molecular complexity index is 1180. The number of hydrogen-bond acceptors (Lipinski definition) is 8. The number of rotatable bonds is 6. The number of likely N-dealkylation sites (tertiary alicyclic amines) is 1. The quantitative estimate of drug-likeness (QED) is 0.592. The molecule has 5 heterocycles. The van der Waals surface area contributed by atoms with E-state index in [0.29, 0.717) is 42.8 Å². The van der Waals surface area contributed by atoms with Crippen LogP contribution in [0.4, 0.5) is 21.8 Å². The molecule has 1 saturated heterocycles. The Morgan fingerprint density at radius 3 is 2.97 bits per heavy atom. The molecular formula is C23H29FN8O. The van der Waals surface area contributed by atoms with E-state index >= 15 is 0 Å². The second kappa shape index (κ2) is 9.03. The van der Waals surface area contributed by atoms with Crippen LogP contribution in [0.1, 0.15) is 31.4 Å². The molecule has 3 atom stereocenters. The molecule has 0 radical (unpaired) electrons. The minimum absolute atomic E-state index is 0.310. The highest BCUT2D eigenvalue weighted by atomic mass is 19.1. The average molecular weight is 453 g/mol. The lowest BCUT2D eigenvalue weighted by molar-refractivity contribution is 0.0918. The van der Waals surface area contributed by atoms with Crippen LogP contribution in [0, 0.1) is 0 Å². The molecule has 5 rings (SSSR count). The number of hydrogen-bond donors (Lipinski definition) is 2. The smallest absolute Gasteiger partial charge is 0.243 e. The highest BCUT2D eigenvalue weighted by Crippen LogP contribution is 2.35. The zero-order chi connectivity index (χ0) is 22.9. The maximum atomic E-state index is 14.8. The van der Waals surface area contributed by atoms with E-state index < -0.39 is 6.17 Å². The number of pyridine rings is 1. The number of aliphatic imine (C=N–C) groups is 1. The molecule has 0 bridgehead atoms. The highest BCUT2D eigenvalue weighted by molar-refractivity contribution is 5.87. The fourth-order valence-corrected chi connectivity index (χ4v) is 4.55. The van der Waals surface area contributed by atoms with Crippen LogP contribution in [0.2, 0.25) is 0 Å². The van der Waals surface area contributed by atoms with E-state index in [2.05, 4.69) is 32.2 Å². The number of anilines is 2. The predicted molar refractivity (Wildman–Crippen MR) is 127 cm³/mol. The number of nitrogens with zero attached hydrogens (tertiary/aromatic N) is 6. The first-order chi connectivity index (χ1) is 16.0. The zero-order valence-electron chi connectivity index (χ0n) is 18.9. The molecule has 1 fully saturated rings. The Labute approximate surface area is 191 Å². The van der Waals surface area contributed by atoms with E-state index in [0.717, 1.165) is 42.1 Å². The lowest BCUT2D eigenvalue weighted by atomic mass is 9.99. The third-order valence-corrected chi connectivity index (χ3v) is 6.42. The lowest BCUT2D eigenvalue weighted by Gasteiger charge is -2.34. The molecular weight excluding hydrogens is 423 g/mol. The van der Waals surface area contributed by atoms with Crippen LogP contribution in [0.25, 0.3) is 16.8 Å². The summed E-state index contributed by atoms with van der Waals surface area (Å²) >= 11 is 0. The van der Waals surface area contributed by atoms with Gasteiger partial charge in [0.2, 0.25) is 5.95 Å². The number of aromatic nitrogens is 4. The number of fused-ring (bicyclic) bond motifs is 2. The number of piperidine rings is 1. The monoisotopic (exact) mass is 452 g/mol. The molecule has 3 aromatic rings. The van der Waals surface area contributed by atoms with Gasteiger partial charge in [-0.3, -0.25) is 14.9 Å². The van der Waals surface area contributed by atoms with Crippen molar-refractivity contribution in [3.05, 3.63) is 30.1 Å². The number of nitrogen functional groups attached to an aromatic ring is 1. The van der Waals surface area contributed by atoms with Crippen LogP contribution in [0.3, 0.4) is 0 Å². The standard InChI is InChI=1S/C23H29FN8O/c1-14-5-8-26-19-4-3-17(27-20(14)19)15-6-10-32-21(15)22(25)29-23(30-32)28-18-7-9-31(11-12-33-2)13-16(18)24/h3-4,6,8,10,14,16,18H,5,7,9,11-13H2,1-2H3,(H3,25,28,29,30)/t14-,16-,18+/m1/s1. The summed E-state index contributed by atoms with van der Waals surface area (Å²) in [5, 5.41) is 7.69. The van der Waals surface area contributed by atoms with Gasteiger partial charge in [0.05, 0.1) is 29.7 Å². The molecule has 9 nitrogen and oxygen atoms in total. The summed E-state index contributed by atoms with van der Waals surface area (Å²) in [6, 6.07) is 5.50. The summed E-state index contributed by atoms with van der Waals surface area (Å²) in [6.45, 7) is 4.63. The predicted octanol–water partition coefficient (Wildman–Crippen LogP) is 3.05. The Hall–Kier alpha value is -3.11. The van der Waals surface area contributed by atoms with E-state index in [1.54, 1.807) is 11.6 Å². The molecule has 3 N–H and O–H groups in total.